The van der Waals surface area contributed by atoms with Crippen LogP contribution in [0.1, 0.15) is 40.0 Å². The zero-order valence-corrected chi connectivity index (χ0v) is 12.9. The summed E-state index contributed by atoms with van der Waals surface area (Å²) in [5.74, 6) is -0.309. The van der Waals surface area contributed by atoms with Crippen LogP contribution >= 0.6 is 15.9 Å². The first-order valence-corrected chi connectivity index (χ1v) is 7.31. The molecule has 1 aromatic rings. The molecule has 0 bridgehead atoms. The molecule has 18 heavy (non-hydrogen) atoms. The van der Waals surface area contributed by atoms with Crippen molar-refractivity contribution in [3.8, 4) is 0 Å². The summed E-state index contributed by atoms with van der Waals surface area (Å²) in [6, 6.07) is 3.57. The second-order valence-corrected chi connectivity index (χ2v) is 5.48. The Hall–Kier alpha value is -0.770. The first-order chi connectivity index (χ1) is 8.51. The number of anilines is 2. The van der Waals surface area contributed by atoms with Crippen LogP contribution in [0.25, 0.3) is 0 Å². The number of halogens is 2. The number of rotatable bonds is 6. The maximum Gasteiger partial charge on any atom is 0.139 e. The molecule has 0 heterocycles. The van der Waals surface area contributed by atoms with Crippen LogP contribution in [0.5, 0.6) is 0 Å². The lowest BCUT2D eigenvalue weighted by molar-refractivity contribution is 0.593. The van der Waals surface area contributed by atoms with E-state index in [1.807, 2.05) is 0 Å². The Labute approximate surface area is 117 Å². The van der Waals surface area contributed by atoms with Crippen LogP contribution in [0.15, 0.2) is 16.6 Å². The van der Waals surface area contributed by atoms with E-state index in [-0.39, 0.29) is 5.82 Å². The summed E-state index contributed by atoms with van der Waals surface area (Å²) < 4.78 is 13.9. The molecule has 1 rings (SSSR count). The van der Waals surface area contributed by atoms with Gasteiger partial charge >= 0.3 is 0 Å². The molecule has 0 fully saturated rings. The minimum absolute atomic E-state index is 0.309. The zero-order chi connectivity index (χ0) is 13.7. The van der Waals surface area contributed by atoms with Crippen molar-refractivity contribution in [1.82, 2.24) is 0 Å². The van der Waals surface area contributed by atoms with E-state index in [0.29, 0.717) is 16.2 Å². The zero-order valence-electron chi connectivity index (χ0n) is 11.3. The lowest BCUT2D eigenvalue weighted by atomic mass is 10.1. The predicted octanol–water partition coefficient (Wildman–Crippen LogP) is 4.58. The van der Waals surface area contributed by atoms with Crippen molar-refractivity contribution in [2.24, 2.45) is 0 Å². The van der Waals surface area contributed by atoms with E-state index in [4.69, 9.17) is 5.73 Å². The SMILES string of the molecule is CCCCN(c1cc(Br)c(F)cc1N)C(C)CC. The third kappa shape index (κ3) is 3.61. The van der Waals surface area contributed by atoms with Crippen molar-refractivity contribution in [2.75, 3.05) is 17.2 Å². The van der Waals surface area contributed by atoms with Gasteiger partial charge in [-0.05, 0) is 41.8 Å². The molecule has 0 saturated heterocycles. The number of benzene rings is 1. The summed E-state index contributed by atoms with van der Waals surface area (Å²) in [4.78, 5) is 2.27. The Kier molecular flexibility index (Phi) is 5.93. The summed E-state index contributed by atoms with van der Waals surface area (Å²) >= 11 is 3.23. The second-order valence-electron chi connectivity index (χ2n) is 4.63. The van der Waals surface area contributed by atoms with Crippen LogP contribution < -0.4 is 10.6 Å². The number of nitrogen functional groups attached to an aromatic ring is 1. The van der Waals surface area contributed by atoms with Crippen molar-refractivity contribution in [1.29, 1.82) is 0 Å². The maximum atomic E-state index is 13.4. The van der Waals surface area contributed by atoms with E-state index in [2.05, 4.69) is 41.6 Å². The molecule has 0 radical (unpaired) electrons. The maximum absolute atomic E-state index is 13.4. The van der Waals surface area contributed by atoms with Crippen LogP contribution in [0, 0.1) is 5.82 Å². The van der Waals surface area contributed by atoms with Gasteiger partial charge in [0.25, 0.3) is 0 Å². The molecular weight excluding hydrogens is 295 g/mol. The fourth-order valence-electron chi connectivity index (χ4n) is 1.93. The van der Waals surface area contributed by atoms with E-state index in [1.165, 1.54) is 6.07 Å². The molecule has 0 spiro atoms. The molecule has 102 valence electrons. The van der Waals surface area contributed by atoms with Crippen molar-refractivity contribution < 1.29 is 4.39 Å². The Balaban J connectivity index is 3.07. The quantitative estimate of drug-likeness (QED) is 0.778. The smallest absolute Gasteiger partial charge is 0.139 e. The number of nitrogens with two attached hydrogens (primary N) is 1. The second kappa shape index (κ2) is 6.98. The standard InChI is InChI=1S/C14H22BrFN2/c1-4-6-7-18(10(3)5-2)14-8-11(15)12(16)9-13(14)17/h8-10H,4-7,17H2,1-3H3. The molecule has 0 aromatic heterocycles. The van der Waals surface area contributed by atoms with Gasteiger partial charge in [0.1, 0.15) is 5.82 Å². The minimum atomic E-state index is -0.309. The fraction of sp³-hybridized carbons (Fsp3) is 0.571. The molecule has 2 N–H and O–H groups in total. The van der Waals surface area contributed by atoms with E-state index in [0.717, 1.165) is 31.5 Å². The Morgan fingerprint density at radius 3 is 2.61 bits per heavy atom. The molecule has 2 nitrogen and oxygen atoms in total. The van der Waals surface area contributed by atoms with E-state index in [1.54, 1.807) is 6.07 Å². The molecule has 0 aliphatic rings. The monoisotopic (exact) mass is 316 g/mol. The molecule has 1 unspecified atom stereocenters. The first-order valence-electron chi connectivity index (χ1n) is 6.52. The highest BCUT2D eigenvalue weighted by Crippen LogP contribution is 2.31. The normalized spacial score (nSPS) is 12.5. The summed E-state index contributed by atoms with van der Waals surface area (Å²) in [5, 5.41) is 0. The van der Waals surface area contributed by atoms with Gasteiger partial charge in [0.2, 0.25) is 0 Å². The van der Waals surface area contributed by atoms with Crippen LogP contribution in [0.2, 0.25) is 0 Å². The first kappa shape index (κ1) is 15.3. The van der Waals surface area contributed by atoms with Gasteiger partial charge in [-0.25, -0.2) is 4.39 Å². The predicted molar refractivity (Wildman–Crippen MR) is 80.5 cm³/mol. The Bertz CT molecular complexity index is 396. The van der Waals surface area contributed by atoms with Gasteiger partial charge in [0.15, 0.2) is 0 Å². The van der Waals surface area contributed by atoms with Gasteiger partial charge in [0, 0.05) is 18.7 Å². The van der Waals surface area contributed by atoms with E-state index in [9.17, 15) is 4.39 Å². The van der Waals surface area contributed by atoms with E-state index < -0.39 is 0 Å². The number of hydrogen-bond acceptors (Lipinski definition) is 2. The van der Waals surface area contributed by atoms with Crippen molar-refractivity contribution in [3.05, 3.63) is 22.4 Å². The summed E-state index contributed by atoms with van der Waals surface area (Å²) in [5.41, 5.74) is 7.38. The third-order valence-electron chi connectivity index (χ3n) is 3.25. The lowest BCUT2D eigenvalue weighted by Crippen LogP contribution is -2.34. The molecular formula is C14H22BrFN2. The van der Waals surface area contributed by atoms with Gasteiger partial charge in [-0.15, -0.1) is 0 Å². The van der Waals surface area contributed by atoms with Crippen LogP contribution in [0.4, 0.5) is 15.8 Å². The highest BCUT2D eigenvalue weighted by atomic mass is 79.9. The topological polar surface area (TPSA) is 29.3 Å². The molecule has 0 aliphatic heterocycles. The Morgan fingerprint density at radius 2 is 2.06 bits per heavy atom. The molecule has 0 amide bonds. The fourth-order valence-corrected chi connectivity index (χ4v) is 2.26. The highest BCUT2D eigenvalue weighted by molar-refractivity contribution is 9.10. The molecule has 1 aromatic carbocycles. The number of unbranched alkanes of at least 4 members (excludes halogenated alkanes) is 1. The minimum Gasteiger partial charge on any atom is -0.397 e. The van der Waals surface area contributed by atoms with Crippen LogP contribution in [0.3, 0.4) is 0 Å². The lowest BCUT2D eigenvalue weighted by Gasteiger charge is -2.32. The number of nitrogens with zero attached hydrogens (tertiary/aromatic N) is 1. The summed E-state index contributed by atoms with van der Waals surface area (Å²) in [7, 11) is 0. The van der Waals surface area contributed by atoms with Crippen LogP contribution in [-0.4, -0.2) is 12.6 Å². The average molecular weight is 317 g/mol. The average Bonchev–Trinajstić information content (AvgIpc) is 2.35. The largest absolute Gasteiger partial charge is 0.397 e. The van der Waals surface area contributed by atoms with Crippen molar-refractivity contribution in [2.45, 2.75) is 46.1 Å². The van der Waals surface area contributed by atoms with Gasteiger partial charge < -0.3 is 10.6 Å². The van der Waals surface area contributed by atoms with Crippen LogP contribution in [-0.2, 0) is 0 Å². The Morgan fingerprint density at radius 1 is 1.39 bits per heavy atom. The molecule has 4 heteroatoms. The third-order valence-corrected chi connectivity index (χ3v) is 3.86. The highest BCUT2D eigenvalue weighted by Gasteiger charge is 2.17. The van der Waals surface area contributed by atoms with Gasteiger partial charge in [-0.3, -0.25) is 0 Å². The molecule has 1 atom stereocenters. The summed E-state index contributed by atoms with van der Waals surface area (Å²) in [6.07, 6.45) is 3.28. The molecule has 0 saturated carbocycles. The van der Waals surface area contributed by atoms with Gasteiger partial charge in [0.05, 0.1) is 15.8 Å². The van der Waals surface area contributed by atoms with Crippen molar-refractivity contribution in [3.63, 3.8) is 0 Å². The van der Waals surface area contributed by atoms with Gasteiger partial charge in [-0.2, -0.15) is 0 Å². The summed E-state index contributed by atoms with van der Waals surface area (Å²) in [6.45, 7) is 7.44. The van der Waals surface area contributed by atoms with Gasteiger partial charge in [-0.1, -0.05) is 20.3 Å². The molecule has 0 aliphatic carbocycles. The van der Waals surface area contributed by atoms with E-state index >= 15 is 0 Å². The van der Waals surface area contributed by atoms with Crippen molar-refractivity contribution >= 4 is 27.3 Å². The number of hydrogen-bond donors (Lipinski definition) is 1.